The number of fused-ring (bicyclic) bond motifs is 1. The number of aliphatic carboxylic acids is 1. The summed E-state index contributed by atoms with van der Waals surface area (Å²) < 4.78 is 6.27. The van der Waals surface area contributed by atoms with Crippen molar-refractivity contribution in [3.63, 3.8) is 0 Å². The highest BCUT2D eigenvalue weighted by molar-refractivity contribution is 7.12. The summed E-state index contributed by atoms with van der Waals surface area (Å²) in [5.74, 6) is -0.208. The summed E-state index contributed by atoms with van der Waals surface area (Å²) in [4.78, 5) is 26.1. The number of nitrogens with one attached hydrogen (secondary N) is 1. The van der Waals surface area contributed by atoms with Gasteiger partial charge in [-0.15, -0.1) is 11.3 Å². The smallest absolute Gasteiger partial charge is 0.317 e. The molecule has 0 saturated carbocycles. The summed E-state index contributed by atoms with van der Waals surface area (Å²) >= 11 is 1.46. The van der Waals surface area contributed by atoms with Crippen LogP contribution in [0.2, 0.25) is 0 Å². The summed E-state index contributed by atoms with van der Waals surface area (Å²) in [5.41, 5.74) is 0.820. The maximum Gasteiger partial charge on any atom is 0.317 e. The first-order valence-electron chi connectivity index (χ1n) is 8.43. The number of hydrogen-bond donors (Lipinski definition) is 2. The van der Waals surface area contributed by atoms with Gasteiger partial charge in [-0.3, -0.25) is 14.5 Å². The number of thiophene rings is 1. The van der Waals surface area contributed by atoms with E-state index < -0.39 is 5.97 Å². The molecule has 24 heavy (non-hydrogen) atoms. The number of carboxylic acid groups (broad SMARTS) is 1. The largest absolute Gasteiger partial charge is 0.480 e. The molecule has 4 rings (SSSR count). The van der Waals surface area contributed by atoms with Crippen molar-refractivity contribution in [3.8, 4) is 0 Å². The van der Waals surface area contributed by atoms with Gasteiger partial charge in [0.15, 0.2) is 0 Å². The minimum Gasteiger partial charge on any atom is -0.480 e. The maximum absolute atomic E-state index is 12.4. The van der Waals surface area contributed by atoms with E-state index in [1.54, 1.807) is 0 Å². The molecular weight excluding hydrogens is 328 g/mol. The molecule has 1 amide bonds. The second-order valence-corrected chi connectivity index (χ2v) is 8.15. The number of aryl methyl sites for hydroxylation is 1. The fourth-order valence-electron chi connectivity index (χ4n) is 4.77. The van der Waals surface area contributed by atoms with Crippen LogP contribution in [0.4, 0.5) is 0 Å². The predicted octanol–water partition coefficient (Wildman–Crippen LogP) is 1.35. The van der Waals surface area contributed by atoms with Crippen LogP contribution in [-0.2, 0) is 9.53 Å². The van der Waals surface area contributed by atoms with E-state index in [4.69, 9.17) is 9.84 Å². The third-order valence-electron chi connectivity index (χ3n) is 5.78. The molecule has 2 N–H and O–H groups in total. The Hall–Kier alpha value is -1.44. The van der Waals surface area contributed by atoms with Crippen molar-refractivity contribution in [2.24, 2.45) is 11.8 Å². The van der Waals surface area contributed by atoms with Gasteiger partial charge in [0.1, 0.15) is 0 Å². The first kappa shape index (κ1) is 16.1. The third-order valence-corrected chi connectivity index (χ3v) is 6.80. The minimum atomic E-state index is -0.793. The molecule has 0 radical (unpaired) electrons. The van der Waals surface area contributed by atoms with Crippen LogP contribution in [0.25, 0.3) is 0 Å². The molecular formula is C17H22N2O4S. The molecule has 130 valence electrons. The highest BCUT2D eigenvalue weighted by Crippen LogP contribution is 2.54. The first-order valence-corrected chi connectivity index (χ1v) is 9.31. The third kappa shape index (κ3) is 2.55. The quantitative estimate of drug-likeness (QED) is 0.838. The molecule has 0 aromatic carbocycles. The number of ether oxygens (including phenoxy) is 1. The monoisotopic (exact) mass is 350 g/mol. The predicted molar refractivity (Wildman–Crippen MR) is 89.3 cm³/mol. The zero-order valence-corrected chi connectivity index (χ0v) is 14.5. The van der Waals surface area contributed by atoms with Gasteiger partial charge in [-0.05, 0) is 36.8 Å². The minimum absolute atomic E-state index is 0.0142. The van der Waals surface area contributed by atoms with Crippen LogP contribution in [-0.4, -0.2) is 59.8 Å². The number of likely N-dealkylation sites (tertiary alicyclic amines) is 1. The van der Waals surface area contributed by atoms with Gasteiger partial charge in [0.2, 0.25) is 0 Å². The zero-order valence-electron chi connectivity index (χ0n) is 13.7. The van der Waals surface area contributed by atoms with Crippen molar-refractivity contribution in [2.45, 2.75) is 31.5 Å². The molecule has 3 aliphatic heterocycles. The van der Waals surface area contributed by atoms with Gasteiger partial charge in [0.25, 0.3) is 5.91 Å². The summed E-state index contributed by atoms with van der Waals surface area (Å²) in [6.07, 6.45) is 2.22. The molecule has 4 atom stereocenters. The normalized spacial score (nSPS) is 34.5. The van der Waals surface area contributed by atoms with E-state index in [1.165, 1.54) is 11.3 Å². The summed E-state index contributed by atoms with van der Waals surface area (Å²) in [5, 5.41) is 14.0. The van der Waals surface area contributed by atoms with Crippen LogP contribution in [0.15, 0.2) is 11.4 Å². The van der Waals surface area contributed by atoms with Crippen LogP contribution < -0.4 is 5.32 Å². The maximum atomic E-state index is 12.4. The topological polar surface area (TPSA) is 78.9 Å². The summed E-state index contributed by atoms with van der Waals surface area (Å²) in [6.45, 7) is 4.08. The van der Waals surface area contributed by atoms with Crippen LogP contribution in [0.1, 0.15) is 28.1 Å². The van der Waals surface area contributed by atoms with Crippen molar-refractivity contribution >= 4 is 23.2 Å². The molecule has 3 saturated heterocycles. The second-order valence-electron chi connectivity index (χ2n) is 7.24. The number of carbonyl (C=O) groups excluding carboxylic acids is 1. The van der Waals surface area contributed by atoms with Gasteiger partial charge in [0, 0.05) is 31.5 Å². The van der Waals surface area contributed by atoms with Crippen molar-refractivity contribution < 1.29 is 19.4 Å². The molecule has 2 bridgehead atoms. The lowest BCUT2D eigenvalue weighted by atomic mass is 9.73. The Morgan fingerprint density at radius 3 is 3.08 bits per heavy atom. The van der Waals surface area contributed by atoms with E-state index in [0.29, 0.717) is 19.0 Å². The summed E-state index contributed by atoms with van der Waals surface area (Å²) in [6, 6.07) is 1.95. The van der Waals surface area contributed by atoms with E-state index >= 15 is 0 Å². The number of amides is 1. The molecule has 7 heteroatoms. The standard InChI is InChI=1S/C17H22N2O4S/c1-10-3-5-24-15(10)16(22)18-6-11-12-7-19(8-14(20)21)9-17(12)4-2-13(11)23-17/h3,5,11-13H,2,4,6-9H2,1H3,(H,18,22)(H,20,21)/t11-,12+,13+,17+/m0/s1. The number of nitrogens with zero attached hydrogens (tertiary/aromatic N) is 1. The van der Waals surface area contributed by atoms with Gasteiger partial charge >= 0.3 is 5.97 Å². The van der Waals surface area contributed by atoms with Crippen molar-refractivity contribution in [3.05, 3.63) is 21.9 Å². The van der Waals surface area contributed by atoms with Crippen LogP contribution in [0, 0.1) is 18.8 Å². The number of rotatable bonds is 5. The molecule has 6 nitrogen and oxygen atoms in total. The van der Waals surface area contributed by atoms with E-state index in [1.807, 2.05) is 23.3 Å². The van der Waals surface area contributed by atoms with Gasteiger partial charge in [-0.1, -0.05) is 0 Å². The Morgan fingerprint density at radius 2 is 2.38 bits per heavy atom. The number of hydrogen-bond acceptors (Lipinski definition) is 5. The van der Waals surface area contributed by atoms with E-state index in [9.17, 15) is 9.59 Å². The molecule has 3 fully saturated rings. The van der Waals surface area contributed by atoms with Gasteiger partial charge in [0.05, 0.1) is 23.1 Å². The lowest BCUT2D eigenvalue weighted by molar-refractivity contribution is -0.138. The average molecular weight is 350 g/mol. The highest BCUT2D eigenvalue weighted by Gasteiger charge is 2.62. The molecule has 3 aliphatic rings. The Kier molecular flexibility index (Phi) is 3.89. The highest BCUT2D eigenvalue weighted by atomic mass is 32.1. The second kappa shape index (κ2) is 5.82. The fraction of sp³-hybridized carbons (Fsp3) is 0.647. The molecule has 1 aromatic heterocycles. The number of carbonyl (C=O) groups is 2. The van der Waals surface area contributed by atoms with E-state index in [-0.39, 0.29) is 30.1 Å². The first-order chi connectivity index (χ1) is 11.5. The summed E-state index contributed by atoms with van der Waals surface area (Å²) in [7, 11) is 0. The zero-order chi connectivity index (χ0) is 16.9. The molecule has 1 spiro atoms. The lowest BCUT2D eigenvalue weighted by Gasteiger charge is -2.29. The SMILES string of the molecule is Cc1ccsc1C(=O)NC[C@H]1[C@H]2CN(CC(=O)O)C[C@]23CC[C@H]1O3. The van der Waals surface area contributed by atoms with Gasteiger partial charge < -0.3 is 15.2 Å². The Morgan fingerprint density at radius 1 is 1.54 bits per heavy atom. The number of carboxylic acids is 1. The lowest BCUT2D eigenvalue weighted by Crippen LogP contribution is -2.41. The van der Waals surface area contributed by atoms with Crippen molar-refractivity contribution in [1.29, 1.82) is 0 Å². The van der Waals surface area contributed by atoms with E-state index in [0.717, 1.165) is 29.8 Å². The molecule has 0 unspecified atom stereocenters. The Labute approximate surface area is 144 Å². The Balaban J connectivity index is 1.42. The average Bonchev–Trinajstić information content (AvgIpc) is 3.24. The van der Waals surface area contributed by atoms with Gasteiger partial charge in [-0.2, -0.15) is 0 Å². The van der Waals surface area contributed by atoms with E-state index in [2.05, 4.69) is 5.32 Å². The molecule has 1 aromatic rings. The molecule has 0 aliphatic carbocycles. The van der Waals surface area contributed by atoms with Crippen LogP contribution in [0.5, 0.6) is 0 Å². The van der Waals surface area contributed by atoms with Crippen molar-refractivity contribution in [1.82, 2.24) is 10.2 Å². The van der Waals surface area contributed by atoms with Gasteiger partial charge in [-0.25, -0.2) is 0 Å². The fourth-order valence-corrected chi connectivity index (χ4v) is 5.61. The Bertz CT molecular complexity index is 675. The molecule has 4 heterocycles. The van der Waals surface area contributed by atoms with Crippen molar-refractivity contribution in [2.75, 3.05) is 26.2 Å². The van der Waals surface area contributed by atoms with Crippen LogP contribution >= 0.6 is 11.3 Å². The van der Waals surface area contributed by atoms with Crippen LogP contribution in [0.3, 0.4) is 0 Å².